The van der Waals surface area contributed by atoms with Gasteiger partial charge in [-0.25, -0.2) is 0 Å². The van der Waals surface area contributed by atoms with Crippen molar-refractivity contribution in [3.05, 3.63) is 24.0 Å². The van der Waals surface area contributed by atoms with Gasteiger partial charge in [0.15, 0.2) is 0 Å². The Labute approximate surface area is 102 Å². The summed E-state index contributed by atoms with van der Waals surface area (Å²) in [4.78, 5) is 4.12. The third kappa shape index (κ3) is 2.29. The van der Waals surface area contributed by atoms with Gasteiger partial charge >= 0.3 is 0 Å². The van der Waals surface area contributed by atoms with Crippen molar-refractivity contribution < 1.29 is 9.84 Å². The Morgan fingerprint density at radius 2 is 2.24 bits per heavy atom. The van der Waals surface area contributed by atoms with E-state index in [0.717, 1.165) is 30.1 Å². The Morgan fingerprint density at radius 1 is 1.29 bits per heavy atom. The van der Waals surface area contributed by atoms with Crippen LogP contribution in [0, 0.1) is 17.8 Å². The first-order chi connectivity index (χ1) is 8.35. The summed E-state index contributed by atoms with van der Waals surface area (Å²) in [6.07, 6.45) is 7.33. The van der Waals surface area contributed by atoms with Crippen LogP contribution < -0.4 is 4.74 Å². The molecule has 0 radical (unpaired) electrons. The predicted octanol–water partition coefficient (Wildman–Crippen LogP) is 2.39. The van der Waals surface area contributed by atoms with Crippen LogP contribution in [-0.2, 0) is 6.61 Å². The smallest absolute Gasteiger partial charge is 0.137 e. The second kappa shape index (κ2) is 4.65. The molecule has 2 aliphatic carbocycles. The van der Waals surface area contributed by atoms with E-state index < -0.39 is 0 Å². The van der Waals surface area contributed by atoms with Crippen molar-refractivity contribution in [3.63, 3.8) is 0 Å². The van der Waals surface area contributed by atoms with Gasteiger partial charge in [-0.15, -0.1) is 0 Å². The molecule has 3 nitrogen and oxygen atoms in total. The number of aliphatic hydroxyl groups is 1. The Bertz CT molecular complexity index is 376. The van der Waals surface area contributed by atoms with Crippen LogP contribution in [0.25, 0.3) is 0 Å². The summed E-state index contributed by atoms with van der Waals surface area (Å²) in [7, 11) is 0. The fourth-order valence-corrected chi connectivity index (χ4v) is 3.37. The molecule has 1 N–H and O–H groups in total. The van der Waals surface area contributed by atoms with Crippen LogP contribution in [0.2, 0.25) is 0 Å². The highest BCUT2D eigenvalue weighted by Gasteiger charge is 2.39. The number of aromatic nitrogens is 1. The van der Waals surface area contributed by atoms with Gasteiger partial charge in [0, 0.05) is 0 Å². The monoisotopic (exact) mass is 233 g/mol. The zero-order valence-corrected chi connectivity index (χ0v) is 10.0. The second-order valence-electron chi connectivity index (χ2n) is 5.39. The Hall–Kier alpha value is -1.09. The van der Waals surface area contributed by atoms with Crippen LogP contribution >= 0.6 is 0 Å². The van der Waals surface area contributed by atoms with Crippen LogP contribution in [0.3, 0.4) is 0 Å². The van der Waals surface area contributed by atoms with Gasteiger partial charge in [0.1, 0.15) is 5.75 Å². The molecule has 3 atom stereocenters. The highest BCUT2D eigenvalue weighted by Crippen LogP contribution is 2.48. The van der Waals surface area contributed by atoms with Crippen LogP contribution in [0.15, 0.2) is 18.3 Å². The summed E-state index contributed by atoms with van der Waals surface area (Å²) in [5, 5.41) is 8.90. The van der Waals surface area contributed by atoms with Crippen molar-refractivity contribution in [1.82, 2.24) is 4.98 Å². The molecular formula is C14H19NO2. The SMILES string of the molecule is OCc1ccc(OCC2CC3CCC2C3)cn1. The molecule has 1 heterocycles. The summed E-state index contributed by atoms with van der Waals surface area (Å²) in [5.41, 5.74) is 0.692. The minimum Gasteiger partial charge on any atom is -0.492 e. The van der Waals surface area contributed by atoms with Gasteiger partial charge < -0.3 is 9.84 Å². The van der Waals surface area contributed by atoms with E-state index in [0.29, 0.717) is 5.69 Å². The van der Waals surface area contributed by atoms with Crippen molar-refractivity contribution >= 4 is 0 Å². The first-order valence-electron chi connectivity index (χ1n) is 6.53. The van der Waals surface area contributed by atoms with Crippen molar-refractivity contribution in [3.8, 4) is 5.75 Å². The standard InChI is InChI=1S/C14H19NO2/c16-8-13-3-4-14(7-15-13)17-9-12-6-10-1-2-11(12)5-10/h3-4,7,10-12,16H,1-2,5-6,8-9H2. The topological polar surface area (TPSA) is 42.4 Å². The maximum absolute atomic E-state index is 8.90. The third-order valence-corrected chi connectivity index (χ3v) is 4.31. The van der Waals surface area contributed by atoms with E-state index in [-0.39, 0.29) is 6.61 Å². The minimum atomic E-state index is -0.00728. The summed E-state index contributed by atoms with van der Waals surface area (Å²) in [6, 6.07) is 3.71. The van der Waals surface area contributed by atoms with E-state index in [1.807, 2.05) is 12.1 Å². The normalized spacial score (nSPS) is 30.8. The summed E-state index contributed by atoms with van der Waals surface area (Å²) in [5.74, 6) is 3.46. The van der Waals surface area contributed by atoms with Gasteiger partial charge in [-0.3, -0.25) is 4.98 Å². The second-order valence-corrected chi connectivity index (χ2v) is 5.39. The summed E-state index contributed by atoms with van der Waals surface area (Å²) < 4.78 is 5.80. The molecule has 2 fully saturated rings. The van der Waals surface area contributed by atoms with Crippen LogP contribution in [0.4, 0.5) is 0 Å². The molecule has 2 saturated carbocycles. The maximum atomic E-state index is 8.90. The molecule has 1 aromatic rings. The zero-order chi connectivity index (χ0) is 11.7. The number of fused-ring (bicyclic) bond motifs is 2. The molecular weight excluding hydrogens is 214 g/mol. The quantitative estimate of drug-likeness (QED) is 0.868. The van der Waals surface area contributed by atoms with E-state index in [4.69, 9.17) is 9.84 Å². The molecule has 1 aromatic heterocycles. The number of aliphatic hydroxyl groups excluding tert-OH is 1. The predicted molar refractivity (Wildman–Crippen MR) is 64.6 cm³/mol. The maximum Gasteiger partial charge on any atom is 0.137 e. The Kier molecular flexibility index (Phi) is 3.02. The highest BCUT2D eigenvalue weighted by molar-refractivity contribution is 5.19. The van der Waals surface area contributed by atoms with E-state index in [9.17, 15) is 0 Å². The fraction of sp³-hybridized carbons (Fsp3) is 0.643. The third-order valence-electron chi connectivity index (χ3n) is 4.31. The highest BCUT2D eigenvalue weighted by atomic mass is 16.5. The molecule has 17 heavy (non-hydrogen) atoms. The number of hydrogen-bond acceptors (Lipinski definition) is 3. The van der Waals surface area contributed by atoms with Gasteiger partial charge in [0.05, 0.1) is 25.1 Å². The molecule has 0 saturated heterocycles. The zero-order valence-electron chi connectivity index (χ0n) is 10.0. The van der Waals surface area contributed by atoms with Gasteiger partial charge in [-0.05, 0) is 49.1 Å². The fourth-order valence-electron chi connectivity index (χ4n) is 3.37. The van der Waals surface area contributed by atoms with Crippen LogP contribution in [0.1, 0.15) is 31.4 Å². The number of hydrogen-bond donors (Lipinski definition) is 1. The first kappa shape index (κ1) is 11.0. The molecule has 0 aliphatic heterocycles. The Morgan fingerprint density at radius 3 is 2.82 bits per heavy atom. The van der Waals surface area contributed by atoms with Crippen LogP contribution in [-0.4, -0.2) is 16.7 Å². The van der Waals surface area contributed by atoms with Crippen molar-refractivity contribution in [2.24, 2.45) is 17.8 Å². The van der Waals surface area contributed by atoms with Crippen molar-refractivity contribution in [1.29, 1.82) is 0 Å². The lowest BCUT2D eigenvalue weighted by molar-refractivity contribution is 0.194. The molecule has 0 spiro atoms. The molecule has 0 aromatic carbocycles. The molecule has 3 heteroatoms. The van der Waals surface area contributed by atoms with Gasteiger partial charge in [0.25, 0.3) is 0 Å². The number of nitrogens with zero attached hydrogens (tertiary/aromatic N) is 1. The van der Waals surface area contributed by atoms with Crippen LogP contribution in [0.5, 0.6) is 5.75 Å². The van der Waals surface area contributed by atoms with Gasteiger partial charge in [-0.1, -0.05) is 6.42 Å². The number of ether oxygens (including phenoxy) is 1. The molecule has 92 valence electrons. The Balaban J connectivity index is 1.53. The number of rotatable bonds is 4. The lowest BCUT2D eigenvalue weighted by atomic mass is 9.90. The van der Waals surface area contributed by atoms with Crippen molar-refractivity contribution in [2.45, 2.75) is 32.3 Å². The average Bonchev–Trinajstić information content (AvgIpc) is 2.99. The molecule has 3 unspecified atom stereocenters. The van der Waals surface area contributed by atoms with Gasteiger partial charge in [-0.2, -0.15) is 0 Å². The van der Waals surface area contributed by atoms with E-state index in [2.05, 4.69) is 4.98 Å². The summed E-state index contributed by atoms with van der Waals surface area (Å²) in [6.45, 7) is 0.827. The average molecular weight is 233 g/mol. The number of pyridine rings is 1. The van der Waals surface area contributed by atoms with Gasteiger partial charge in [0.2, 0.25) is 0 Å². The first-order valence-corrected chi connectivity index (χ1v) is 6.53. The lowest BCUT2D eigenvalue weighted by Crippen LogP contribution is -2.18. The largest absolute Gasteiger partial charge is 0.492 e. The molecule has 0 amide bonds. The van der Waals surface area contributed by atoms with Crippen molar-refractivity contribution in [2.75, 3.05) is 6.61 Å². The minimum absolute atomic E-state index is 0.00728. The van der Waals surface area contributed by atoms with E-state index in [1.54, 1.807) is 6.20 Å². The molecule has 2 bridgehead atoms. The van der Waals surface area contributed by atoms with E-state index >= 15 is 0 Å². The molecule has 3 rings (SSSR count). The lowest BCUT2D eigenvalue weighted by Gasteiger charge is -2.21. The van der Waals surface area contributed by atoms with E-state index in [1.165, 1.54) is 25.7 Å². The summed E-state index contributed by atoms with van der Waals surface area (Å²) >= 11 is 0. The molecule has 2 aliphatic rings.